The van der Waals surface area contributed by atoms with E-state index in [0.717, 1.165) is 6.07 Å². The van der Waals surface area contributed by atoms with Crippen LogP contribution >= 0.6 is 22.6 Å². The molecule has 1 aromatic heterocycles. The van der Waals surface area contributed by atoms with E-state index in [4.69, 9.17) is 10.4 Å². The Morgan fingerprint density at radius 1 is 1.64 bits per heavy atom. The van der Waals surface area contributed by atoms with Crippen molar-refractivity contribution in [3.8, 4) is 11.8 Å². The molecule has 0 aliphatic rings. The van der Waals surface area contributed by atoms with Crippen molar-refractivity contribution < 1.29 is 13.9 Å². The molecule has 0 bridgehead atoms. The maximum atomic E-state index is 12.4. The molecule has 0 fully saturated rings. The van der Waals surface area contributed by atoms with E-state index in [2.05, 4.69) is 4.98 Å². The van der Waals surface area contributed by atoms with Gasteiger partial charge in [0.15, 0.2) is 0 Å². The molecule has 74 valence electrons. The van der Waals surface area contributed by atoms with E-state index in [0.29, 0.717) is 0 Å². The zero-order chi connectivity index (χ0) is 10.7. The highest BCUT2D eigenvalue weighted by Gasteiger charge is 2.16. The average Bonchev–Trinajstić information content (AvgIpc) is 2.11. The van der Waals surface area contributed by atoms with Crippen molar-refractivity contribution in [2.75, 3.05) is 0 Å². The Kier molecular flexibility index (Phi) is 3.57. The van der Waals surface area contributed by atoms with Crippen molar-refractivity contribution in [2.45, 2.75) is 12.8 Å². The van der Waals surface area contributed by atoms with Gasteiger partial charge in [-0.3, -0.25) is 0 Å². The monoisotopic (exact) mass is 310 g/mol. The van der Waals surface area contributed by atoms with Crippen LogP contribution in [0.15, 0.2) is 6.07 Å². The fraction of sp³-hybridized carbons (Fsp3) is 0.250. The Balaban J connectivity index is 3.25. The fourth-order valence-corrected chi connectivity index (χ4v) is 1.38. The molecule has 14 heavy (non-hydrogen) atoms. The number of rotatable bonds is 2. The number of aromatic hydroxyl groups is 1. The van der Waals surface area contributed by atoms with Crippen LogP contribution in [-0.2, 0) is 6.42 Å². The van der Waals surface area contributed by atoms with Gasteiger partial charge in [-0.25, -0.2) is 13.8 Å². The summed E-state index contributed by atoms with van der Waals surface area (Å²) in [5.74, 6) is -0.289. The van der Waals surface area contributed by atoms with Crippen LogP contribution in [-0.4, -0.2) is 10.1 Å². The van der Waals surface area contributed by atoms with E-state index in [9.17, 15) is 8.78 Å². The normalized spacial score (nSPS) is 10.2. The second-order valence-electron chi connectivity index (χ2n) is 2.47. The summed E-state index contributed by atoms with van der Waals surface area (Å²) in [7, 11) is 0. The van der Waals surface area contributed by atoms with Crippen LogP contribution in [0.4, 0.5) is 8.78 Å². The summed E-state index contributed by atoms with van der Waals surface area (Å²) >= 11 is 1.71. The smallest absolute Gasteiger partial charge is 0.265 e. The summed E-state index contributed by atoms with van der Waals surface area (Å²) in [4.78, 5) is 3.72. The molecule has 0 spiro atoms. The first kappa shape index (κ1) is 11.1. The maximum absolute atomic E-state index is 12.4. The van der Waals surface area contributed by atoms with E-state index in [-0.39, 0.29) is 27.1 Å². The SMILES string of the molecule is N#CCc1nc(I)c(O)cc1C(F)F. The fourth-order valence-electron chi connectivity index (χ4n) is 0.936. The lowest BCUT2D eigenvalue weighted by atomic mass is 10.1. The molecule has 6 heteroatoms. The topological polar surface area (TPSA) is 56.9 Å². The van der Waals surface area contributed by atoms with Crippen LogP contribution < -0.4 is 0 Å². The molecular weight excluding hydrogens is 305 g/mol. The van der Waals surface area contributed by atoms with E-state index in [1.807, 2.05) is 0 Å². The van der Waals surface area contributed by atoms with Gasteiger partial charge in [-0.05, 0) is 28.7 Å². The van der Waals surface area contributed by atoms with E-state index in [1.54, 1.807) is 28.7 Å². The van der Waals surface area contributed by atoms with Crippen molar-refractivity contribution >= 4 is 22.6 Å². The maximum Gasteiger partial charge on any atom is 0.265 e. The molecule has 0 aliphatic heterocycles. The first-order valence-electron chi connectivity index (χ1n) is 3.59. The second-order valence-corrected chi connectivity index (χ2v) is 3.49. The predicted molar refractivity (Wildman–Crippen MR) is 52.9 cm³/mol. The van der Waals surface area contributed by atoms with Crippen molar-refractivity contribution in [1.29, 1.82) is 5.26 Å². The number of nitriles is 1. The highest BCUT2D eigenvalue weighted by atomic mass is 127. The molecule has 0 saturated heterocycles. The molecule has 0 aliphatic carbocycles. The number of nitrogens with zero attached hydrogens (tertiary/aromatic N) is 2. The van der Waals surface area contributed by atoms with Crippen LogP contribution in [0.5, 0.6) is 5.75 Å². The summed E-state index contributed by atoms with van der Waals surface area (Å²) in [6.07, 6.45) is -2.91. The van der Waals surface area contributed by atoms with Crippen LogP contribution in [0.3, 0.4) is 0 Å². The molecular formula is C8H5F2IN2O. The third-order valence-corrected chi connectivity index (χ3v) is 2.35. The third-order valence-electron chi connectivity index (χ3n) is 1.55. The van der Waals surface area contributed by atoms with Gasteiger partial charge in [0.2, 0.25) is 0 Å². The van der Waals surface area contributed by atoms with Crippen molar-refractivity contribution in [3.05, 3.63) is 21.0 Å². The lowest BCUT2D eigenvalue weighted by Gasteiger charge is -2.06. The lowest BCUT2D eigenvalue weighted by molar-refractivity contribution is 0.149. The lowest BCUT2D eigenvalue weighted by Crippen LogP contribution is -1.99. The minimum Gasteiger partial charge on any atom is -0.505 e. The molecule has 1 heterocycles. The minimum absolute atomic E-state index is 0.0182. The molecule has 0 radical (unpaired) electrons. The van der Waals surface area contributed by atoms with Gasteiger partial charge in [0.25, 0.3) is 6.43 Å². The van der Waals surface area contributed by atoms with Crippen molar-refractivity contribution in [2.24, 2.45) is 0 Å². The van der Waals surface area contributed by atoms with Gasteiger partial charge >= 0.3 is 0 Å². The zero-order valence-corrected chi connectivity index (χ0v) is 8.99. The van der Waals surface area contributed by atoms with Gasteiger partial charge in [0, 0.05) is 5.56 Å². The molecule has 0 saturated carbocycles. The van der Waals surface area contributed by atoms with Gasteiger partial charge in [0.05, 0.1) is 18.2 Å². The summed E-state index contributed by atoms with van der Waals surface area (Å²) in [6, 6.07) is 2.70. The summed E-state index contributed by atoms with van der Waals surface area (Å²) in [6.45, 7) is 0. The first-order valence-corrected chi connectivity index (χ1v) is 4.67. The number of alkyl halides is 2. The predicted octanol–water partition coefficient (Wildman–Crippen LogP) is 2.40. The Bertz CT molecular complexity index is 390. The molecule has 1 N–H and O–H groups in total. The van der Waals surface area contributed by atoms with E-state index in [1.165, 1.54) is 0 Å². The Hall–Kier alpha value is -0.970. The average molecular weight is 310 g/mol. The third kappa shape index (κ3) is 2.29. The van der Waals surface area contributed by atoms with Gasteiger partial charge in [-0.1, -0.05) is 0 Å². The number of aromatic nitrogens is 1. The molecule has 0 aromatic carbocycles. The van der Waals surface area contributed by atoms with Crippen molar-refractivity contribution in [1.82, 2.24) is 4.98 Å². The number of pyridine rings is 1. The Morgan fingerprint density at radius 2 is 2.29 bits per heavy atom. The zero-order valence-electron chi connectivity index (χ0n) is 6.84. The highest BCUT2D eigenvalue weighted by Crippen LogP contribution is 2.28. The van der Waals surface area contributed by atoms with Crippen molar-refractivity contribution in [3.63, 3.8) is 0 Å². The highest BCUT2D eigenvalue weighted by molar-refractivity contribution is 14.1. The summed E-state index contributed by atoms with van der Waals surface area (Å²) in [5, 5.41) is 17.5. The summed E-state index contributed by atoms with van der Waals surface area (Å²) < 4.78 is 25.0. The van der Waals surface area contributed by atoms with E-state index >= 15 is 0 Å². The second kappa shape index (κ2) is 4.50. The minimum atomic E-state index is -2.73. The van der Waals surface area contributed by atoms with Gasteiger partial charge in [-0.15, -0.1) is 0 Å². The number of halogens is 3. The molecule has 0 unspecified atom stereocenters. The van der Waals surface area contributed by atoms with Crippen LogP contribution in [0.2, 0.25) is 0 Å². The van der Waals surface area contributed by atoms with Gasteiger partial charge < -0.3 is 5.11 Å². The largest absolute Gasteiger partial charge is 0.505 e. The molecule has 0 amide bonds. The molecule has 1 aromatic rings. The Morgan fingerprint density at radius 3 is 2.79 bits per heavy atom. The number of hydrogen-bond donors (Lipinski definition) is 1. The quantitative estimate of drug-likeness (QED) is 0.674. The Labute approximate surface area is 92.5 Å². The van der Waals surface area contributed by atoms with Crippen LogP contribution in [0.25, 0.3) is 0 Å². The van der Waals surface area contributed by atoms with Gasteiger partial charge in [0.1, 0.15) is 9.45 Å². The molecule has 0 atom stereocenters. The van der Waals surface area contributed by atoms with Crippen LogP contribution in [0, 0.1) is 15.0 Å². The molecule has 1 rings (SSSR count). The first-order chi connectivity index (χ1) is 6.56. The van der Waals surface area contributed by atoms with Crippen LogP contribution in [0.1, 0.15) is 17.7 Å². The number of hydrogen-bond acceptors (Lipinski definition) is 3. The summed E-state index contributed by atoms with van der Waals surface area (Å²) in [5.41, 5.74) is -0.367. The van der Waals surface area contributed by atoms with Gasteiger partial charge in [-0.2, -0.15) is 5.26 Å². The standard InChI is InChI=1S/C8H5F2IN2O/c9-7(10)4-3-6(14)8(11)13-5(4)1-2-12/h3,7,14H,1H2. The van der Waals surface area contributed by atoms with E-state index < -0.39 is 6.43 Å². The molecule has 3 nitrogen and oxygen atoms in total.